The summed E-state index contributed by atoms with van der Waals surface area (Å²) < 4.78 is 5.03. The molecule has 12 heavy (non-hydrogen) atoms. The predicted octanol–water partition coefficient (Wildman–Crippen LogP) is 1.70. The van der Waals surface area contributed by atoms with Crippen LogP contribution in [-0.4, -0.2) is 17.9 Å². The lowest BCUT2D eigenvalue weighted by molar-refractivity contribution is -0.163. The van der Waals surface area contributed by atoms with Crippen LogP contribution in [0.1, 0.15) is 40.0 Å². The maximum absolute atomic E-state index is 10.9. The molecule has 70 valence electrons. The molecular weight excluding hydrogens is 156 g/mol. The van der Waals surface area contributed by atoms with Crippen LogP contribution in [0, 0.1) is 0 Å². The maximum atomic E-state index is 10.9. The first-order valence-electron chi connectivity index (χ1n) is 4.32. The summed E-state index contributed by atoms with van der Waals surface area (Å²) in [5.41, 5.74) is -0.882. The molecule has 0 radical (unpaired) electrons. The molecule has 0 heterocycles. The van der Waals surface area contributed by atoms with E-state index in [9.17, 15) is 9.59 Å². The topological polar surface area (TPSA) is 43.4 Å². The Kier molecular flexibility index (Phi) is 4.55. The van der Waals surface area contributed by atoms with Gasteiger partial charge in [0.05, 0.1) is 0 Å². The van der Waals surface area contributed by atoms with E-state index in [-0.39, 0.29) is 5.97 Å². The third-order valence-electron chi connectivity index (χ3n) is 2.02. The number of hydrogen-bond donors (Lipinski definition) is 0. The minimum Gasteiger partial charge on any atom is -0.451 e. The van der Waals surface area contributed by atoms with Crippen LogP contribution in [0.15, 0.2) is 0 Å². The van der Waals surface area contributed by atoms with Crippen molar-refractivity contribution in [1.29, 1.82) is 0 Å². The third kappa shape index (κ3) is 2.64. The van der Waals surface area contributed by atoms with Gasteiger partial charge in [-0.2, -0.15) is 0 Å². The monoisotopic (exact) mass is 172 g/mol. The molecule has 0 atom stereocenters. The zero-order valence-corrected chi connectivity index (χ0v) is 7.92. The largest absolute Gasteiger partial charge is 0.451 e. The lowest BCUT2D eigenvalue weighted by atomic mass is 9.99. The molecule has 3 heteroatoms. The molecular formula is C9H16O3. The van der Waals surface area contributed by atoms with Crippen LogP contribution in [-0.2, 0) is 14.3 Å². The molecule has 0 aliphatic rings. The van der Waals surface area contributed by atoms with Crippen LogP contribution in [0.3, 0.4) is 0 Å². The van der Waals surface area contributed by atoms with Gasteiger partial charge in [0.2, 0.25) is 0 Å². The van der Waals surface area contributed by atoms with Crippen molar-refractivity contribution < 1.29 is 14.3 Å². The second-order valence-corrected chi connectivity index (χ2v) is 2.72. The Morgan fingerprint density at radius 3 is 2.08 bits per heavy atom. The molecule has 0 aromatic rings. The third-order valence-corrected chi connectivity index (χ3v) is 2.02. The summed E-state index contributed by atoms with van der Waals surface area (Å²) in [4.78, 5) is 21.6. The molecule has 0 aliphatic carbocycles. The van der Waals surface area contributed by atoms with Gasteiger partial charge in [-0.3, -0.25) is 9.59 Å². The van der Waals surface area contributed by atoms with Crippen LogP contribution >= 0.6 is 0 Å². The zero-order valence-electron chi connectivity index (χ0n) is 7.92. The minimum absolute atomic E-state index is 0.314. The molecule has 0 N–H and O–H groups in total. The average Bonchev–Trinajstić information content (AvgIpc) is 2.14. The van der Waals surface area contributed by atoms with Crippen molar-refractivity contribution in [3.63, 3.8) is 0 Å². The van der Waals surface area contributed by atoms with E-state index in [1.54, 1.807) is 6.92 Å². The number of carbonyl (C=O) groups excluding carboxylic acids is 2. The molecule has 0 saturated heterocycles. The number of hydrogen-bond acceptors (Lipinski definition) is 3. The first kappa shape index (κ1) is 11.1. The second kappa shape index (κ2) is 4.91. The summed E-state index contributed by atoms with van der Waals surface area (Å²) in [7, 11) is 0. The van der Waals surface area contributed by atoms with Crippen LogP contribution in [0.4, 0.5) is 0 Å². The highest BCUT2D eigenvalue weighted by Gasteiger charge is 2.29. The Balaban J connectivity index is 4.29. The Morgan fingerprint density at radius 1 is 1.33 bits per heavy atom. The number of aldehydes is 1. The number of carbonyl (C=O) groups is 2. The van der Waals surface area contributed by atoms with Crippen LogP contribution in [0.5, 0.6) is 0 Å². The number of ether oxygens (including phenoxy) is 1. The summed E-state index contributed by atoms with van der Waals surface area (Å²) in [6.07, 6.45) is 2.12. The van der Waals surface area contributed by atoms with Crippen molar-refractivity contribution >= 4 is 12.3 Å². The maximum Gasteiger partial charge on any atom is 0.306 e. The summed E-state index contributed by atoms with van der Waals surface area (Å²) in [6, 6.07) is 0. The standard InChI is InChI=1S/C9H16O3/c1-4-8(11)12-9(5-2,6-3)7-10/h7H,4-6H2,1-3H3. The molecule has 3 nitrogen and oxygen atoms in total. The number of esters is 1. The zero-order chi connectivity index (χ0) is 9.61. The molecule has 0 aliphatic heterocycles. The van der Waals surface area contributed by atoms with Gasteiger partial charge < -0.3 is 4.74 Å². The molecule has 0 spiro atoms. The Morgan fingerprint density at radius 2 is 1.83 bits per heavy atom. The van der Waals surface area contributed by atoms with Gasteiger partial charge in [0.1, 0.15) is 0 Å². The highest BCUT2D eigenvalue weighted by Crippen LogP contribution is 2.18. The van der Waals surface area contributed by atoms with Gasteiger partial charge >= 0.3 is 5.97 Å². The fourth-order valence-corrected chi connectivity index (χ4v) is 0.884. The van der Waals surface area contributed by atoms with Crippen LogP contribution in [0.2, 0.25) is 0 Å². The van der Waals surface area contributed by atoms with E-state index in [0.717, 1.165) is 6.29 Å². The molecule has 0 bridgehead atoms. The SMILES string of the molecule is CCC(=O)OC(C=O)(CC)CC. The van der Waals surface area contributed by atoms with Crippen molar-refractivity contribution in [2.75, 3.05) is 0 Å². The normalized spacial score (nSPS) is 10.9. The Hall–Kier alpha value is -0.860. The van der Waals surface area contributed by atoms with E-state index >= 15 is 0 Å². The fraction of sp³-hybridized carbons (Fsp3) is 0.778. The Bertz CT molecular complexity index is 159. The van der Waals surface area contributed by atoms with Gasteiger partial charge in [-0.25, -0.2) is 0 Å². The van der Waals surface area contributed by atoms with Crippen LogP contribution in [0.25, 0.3) is 0 Å². The van der Waals surface area contributed by atoms with Crippen molar-refractivity contribution in [3.8, 4) is 0 Å². The highest BCUT2D eigenvalue weighted by molar-refractivity contribution is 5.74. The van der Waals surface area contributed by atoms with Crippen molar-refractivity contribution in [2.24, 2.45) is 0 Å². The molecule has 0 aromatic heterocycles. The second-order valence-electron chi connectivity index (χ2n) is 2.72. The van der Waals surface area contributed by atoms with E-state index < -0.39 is 5.60 Å². The van der Waals surface area contributed by atoms with Crippen molar-refractivity contribution in [3.05, 3.63) is 0 Å². The lowest BCUT2D eigenvalue weighted by Crippen LogP contribution is -2.35. The first-order valence-corrected chi connectivity index (χ1v) is 4.32. The van der Waals surface area contributed by atoms with Crippen molar-refractivity contribution in [1.82, 2.24) is 0 Å². The summed E-state index contributed by atoms with van der Waals surface area (Å²) in [5.74, 6) is -0.314. The predicted molar refractivity (Wildman–Crippen MR) is 45.8 cm³/mol. The summed E-state index contributed by atoms with van der Waals surface area (Å²) in [6.45, 7) is 5.38. The van der Waals surface area contributed by atoms with Gasteiger partial charge in [-0.05, 0) is 12.8 Å². The lowest BCUT2D eigenvalue weighted by Gasteiger charge is -2.24. The summed E-state index contributed by atoms with van der Waals surface area (Å²) >= 11 is 0. The van der Waals surface area contributed by atoms with Gasteiger partial charge in [-0.15, -0.1) is 0 Å². The smallest absolute Gasteiger partial charge is 0.306 e. The van der Waals surface area contributed by atoms with Gasteiger partial charge in [0, 0.05) is 6.42 Å². The molecule has 0 fully saturated rings. The van der Waals surface area contributed by atoms with E-state index in [2.05, 4.69) is 0 Å². The molecule has 0 unspecified atom stereocenters. The fourth-order valence-electron chi connectivity index (χ4n) is 0.884. The van der Waals surface area contributed by atoms with Gasteiger partial charge in [-0.1, -0.05) is 20.8 Å². The van der Waals surface area contributed by atoms with E-state index in [4.69, 9.17) is 4.74 Å². The van der Waals surface area contributed by atoms with Crippen LogP contribution < -0.4 is 0 Å². The Labute approximate surface area is 73.1 Å². The summed E-state index contributed by atoms with van der Waals surface area (Å²) in [5, 5.41) is 0. The minimum atomic E-state index is -0.882. The van der Waals surface area contributed by atoms with Crippen molar-refractivity contribution in [2.45, 2.75) is 45.6 Å². The molecule has 0 aromatic carbocycles. The van der Waals surface area contributed by atoms with E-state index in [1.165, 1.54) is 0 Å². The first-order chi connectivity index (χ1) is 5.64. The highest BCUT2D eigenvalue weighted by atomic mass is 16.6. The van der Waals surface area contributed by atoms with Gasteiger partial charge in [0.15, 0.2) is 11.9 Å². The molecule has 0 saturated carbocycles. The molecule has 0 rings (SSSR count). The van der Waals surface area contributed by atoms with E-state index in [1.807, 2.05) is 13.8 Å². The molecule has 0 amide bonds. The van der Waals surface area contributed by atoms with E-state index in [0.29, 0.717) is 19.3 Å². The average molecular weight is 172 g/mol. The number of rotatable bonds is 5. The quantitative estimate of drug-likeness (QED) is 0.468. The van der Waals surface area contributed by atoms with Gasteiger partial charge in [0.25, 0.3) is 0 Å².